The second-order valence-electron chi connectivity index (χ2n) is 6.99. The van der Waals surface area contributed by atoms with Crippen LogP contribution in [0, 0.1) is 5.92 Å². The van der Waals surface area contributed by atoms with Crippen molar-refractivity contribution in [3.05, 3.63) is 47.2 Å². The molecular formula is C19H26N6O3. The van der Waals surface area contributed by atoms with Crippen molar-refractivity contribution in [3.63, 3.8) is 0 Å². The summed E-state index contributed by atoms with van der Waals surface area (Å²) in [5, 5.41) is 5.92. The molecule has 0 atom stereocenters. The van der Waals surface area contributed by atoms with Crippen LogP contribution in [0.5, 0.6) is 0 Å². The van der Waals surface area contributed by atoms with Gasteiger partial charge in [0.2, 0.25) is 11.8 Å². The van der Waals surface area contributed by atoms with Crippen LogP contribution in [0.3, 0.4) is 0 Å². The molecule has 2 N–H and O–H groups in total. The molecule has 0 aromatic carbocycles. The van der Waals surface area contributed by atoms with Crippen molar-refractivity contribution in [1.29, 1.82) is 0 Å². The first-order valence-corrected chi connectivity index (χ1v) is 9.65. The lowest BCUT2D eigenvalue weighted by molar-refractivity contribution is -0.126. The number of carbonyl (C=O) groups excluding carboxylic acids is 2. The third-order valence-corrected chi connectivity index (χ3v) is 5.12. The Labute approximate surface area is 163 Å². The van der Waals surface area contributed by atoms with Crippen molar-refractivity contribution in [2.75, 3.05) is 0 Å². The monoisotopic (exact) mass is 386 g/mol. The number of nitrogens with one attached hydrogen (secondary N) is 2. The maximum Gasteiger partial charge on any atom is 0.347 e. The molecule has 2 aromatic heterocycles. The largest absolute Gasteiger partial charge is 0.352 e. The first-order valence-electron chi connectivity index (χ1n) is 9.65. The van der Waals surface area contributed by atoms with E-state index in [9.17, 15) is 14.4 Å². The molecule has 0 aliphatic heterocycles. The summed E-state index contributed by atoms with van der Waals surface area (Å²) < 4.78 is 3.27. The Kier molecular flexibility index (Phi) is 6.57. The van der Waals surface area contributed by atoms with Crippen LogP contribution < -0.4 is 16.3 Å². The summed E-state index contributed by atoms with van der Waals surface area (Å²) in [5.74, 6) is 0.633. The van der Waals surface area contributed by atoms with Crippen LogP contribution in [-0.2, 0) is 29.2 Å². The predicted molar refractivity (Wildman–Crippen MR) is 102 cm³/mol. The highest BCUT2D eigenvalue weighted by Gasteiger charge is 2.27. The molecule has 150 valence electrons. The Morgan fingerprint density at radius 3 is 2.61 bits per heavy atom. The molecule has 1 saturated carbocycles. The van der Waals surface area contributed by atoms with Gasteiger partial charge in [-0.15, -0.1) is 0 Å². The van der Waals surface area contributed by atoms with E-state index in [-0.39, 0.29) is 30.3 Å². The minimum atomic E-state index is -0.443. The van der Waals surface area contributed by atoms with Gasteiger partial charge in [0.1, 0.15) is 12.4 Å². The van der Waals surface area contributed by atoms with Crippen LogP contribution in [0.25, 0.3) is 0 Å². The highest BCUT2D eigenvalue weighted by atomic mass is 16.2. The normalized spacial score (nSPS) is 19.2. The Balaban J connectivity index is 1.41. The first-order chi connectivity index (χ1) is 13.6. The molecule has 2 aromatic rings. The number of hydrogen-bond donors (Lipinski definition) is 2. The van der Waals surface area contributed by atoms with Gasteiger partial charge in [-0.05, 0) is 38.7 Å². The van der Waals surface area contributed by atoms with Gasteiger partial charge >= 0.3 is 5.69 Å². The van der Waals surface area contributed by atoms with Gasteiger partial charge in [-0.3, -0.25) is 14.2 Å². The molecule has 1 fully saturated rings. The van der Waals surface area contributed by atoms with Crippen LogP contribution >= 0.6 is 0 Å². The van der Waals surface area contributed by atoms with Gasteiger partial charge < -0.3 is 15.2 Å². The van der Waals surface area contributed by atoms with E-state index in [1.54, 1.807) is 18.5 Å². The van der Waals surface area contributed by atoms with E-state index in [4.69, 9.17) is 0 Å². The lowest BCUT2D eigenvalue weighted by Crippen LogP contribution is -2.42. The summed E-state index contributed by atoms with van der Waals surface area (Å²) in [5.41, 5.74) is -0.443. The number of hydrogen-bond acceptors (Lipinski definition) is 5. The van der Waals surface area contributed by atoms with E-state index in [0.29, 0.717) is 6.54 Å². The highest BCUT2D eigenvalue weighted by Crippen LogP contribution is 2.24. The van der Waals surface area contributed by atoms with Gasteiger partial charge in [0.05, 0.1) is 6.54 Å². The minimum Gasteiger partial charge on any atom is -0.352 e. The Bertz CT molecular complexity index is 866. The molecule has 0 unspecified atom stereocenters. The Morgan fingerprint density at radius 2 is 1.89 bits per heavy atom. The fourth-order valence-electron chi connectivity index (χ4n) is 3.54. The zero-order chi connectivity index (χ0) is 19.9. The maximum atomic E-state index is 12.4. The van der Waals surface area contributed by atoms with Crippen LogP contribution in [-0.4, -0.2) is 37.0 Å². The second-order valence-corrected chi connectivity index (χ2v) is 6.99. The summed E-state index contributed by atoms with van der Waals surface area (Å²) in [7, 11) is 0. The lowest BCUT2D eigenvalue weighted by Gasteiger charge is -2.28. The van der Waals surface area contributed by atoms with Crippen LogP contribution in [0.15, 0.2) is 35.6 Å². The third kappa shape index (κ3) is 5.05. The molecule has 0 spiro atoms. The second kappa shape index (κ2) is 9.29. The zero-order valence-electron chi connectivity index (χ0n) is 16.0. The fraction of sp³-hybridized carbons (Fsp3) is 0.526. The van der Waals surface area contributed by atoms with Gasteiger partial charge in [0.25, 0.3) is 0 Å². The summed E-state index contributed by atoms with van der Waals surface area (Å²) in [6, 6.07) is 1.65. The maximum absolute atomic E-state index is 12.4. The smallest absolute Gasteiger partial charge is 0.347 e. The number of amides is 2. The van der Waals surface area contributed by atoms with E-state index in [0.717, 1.165) is 38.1 Å². The average molecular weight is 386 g/mol. The van der Waals surface area contributed by atoms with Crippen molar-refractivity contribution in [2.24, 2.45) is 5.92 Å². The number of aryl methyl sites for hydroxylation is 1. The van der Waals surface area contributed by atoms with E-state index >= 15 is 0 Å². The summed E-state index contributed by atoms with van der Waals surface area (Å²) in [6.07, 6.45) is 9.52. The van der Waals surface area contributed by atoms with E-state index in [1.165, 1.54) is 10.8 Å². The van der Waals surface area contributed by atoms with Crippen molar-refractivity contribution >= 4 is 11.8 Å². The van der Waals surface area contributed by atoms with Gasteiger partial charge in [-0.25, -0.2) is 14.8 Å². The molecule has 2 amide bonds. The molecule has 1 aliphatic rings. The fourth-order valence-corrected chi connectivity index (χ4v) is 3.54. The molecule has 0 bridgehead atoms. The number of rotatable bonds is 7. The van der Waals surface area contributed by atoms with Crippen molar-refractivity contribution in [2.45, 2.75) is 58.3 Å². The standard InChI is InChI=1S/C19H26N6O3/c1-2-24-11-9-20-16(24)12-22-18(27)14-4-6-15(7-5-14)23-17(26)13-25-10-3-8-21-19(25)28/h3,8-11,14-15H,2,4-7,12-13H2,1H3,(H,22,27)(H,23,26). The summed E-state index contributed by atoms with van der Waals surface area (Å²) in [6.45, 7) is 3.24. The number of imidazole rings is 1. The van der Waals surface area contributed by atoms with Crippen LogP contribution in [0.1, 0.15) is 38.4 Å². The SMILES string of the molecule is CCn1ccnc1CNC(=O)C1CCC(NC(=O)Cn2cccnc2=O)CC1. The van der Waals surface area contributed by atoms with Crippen LogP contribution in [0.2, 0.25) is 0 Å². The molecule has 0 saturated heterocycles. The Morgan fingerprint density at radius 1 is 1.11 bits per heavy atom. The predicted octanol–water partition coefficient (Wildman–Crippen LogP) is 0.451. The van der Waals surface area contributed by atoms with Crippen molar-refractivity contribution in [1.82, 2.24) is 29.7 Å². The third-order valence-electron chi connectivity index (χ3n) is 5.12. The van der Waals surface area contributed by atoms with E-state index in [2.05, 4.69) is 20.6 Å². The molecule has 1 aliphatic carbocycles. The summed E-state index contributed by atoms with van der Waals surface area (Å²) in [4.78, 5) is 44.0. The van der Waals surface area contributed by atoms with Crippen molar-refractivity contribution in [3.8, 4) is 0 Å². The topological polar surface area (TPSA) is 111 Å². The molecule has 0 radical (unpaired) electrons. The molecule has 2 heterocycles. The molecule has 3 rings (SSSR count). The van der Waals surface area contributed by atoms with Gasteiger partial charge in [0, 0.05) is 43.3 Å². The van der Waals surface area contributed by atoms with Gasteiger partial charge in [-0.2, -0.15) is 0 Å². The van der Waals surface area contributed by atoms with Crippen LogP contribution in [0.4, 0.5) is 0 Å². The van der Waals surface area contributed by atoms with Gasteiger partial charge in [-0.1, -0.05) is 0 Å². The Hall–Kier alpha value is -2.97. The minimum absolute atomic E-state index is 0.0305. The molecular weight excluding hydrogens is 360 g/mol. The number of carbonyl (C=O) groups is 2. The zero-order valence-corrected chi connectivity index (χ0v) is 16.0. The summed E-state index contributed by atoms with van der Waals surface area (Å²) >= 11 is 0. The highest BCUT2D eigenvalue weighted by molar-refractivity contribution is 5.79. The van der Waals surface area contributed by atoms with E-state index in [1.807, 2.05) is 17.7 Å². The van der Waals surface area contributed by atoms with Gasteiger partial charge in [0.15, 0.2) is 0 Å². The average Bonchev–Trinajstić information content (AvgIpc) is 3.16. The number of aromatic nitrogens is 4. The molecule has 9 heteroatoms. The van der Waals surface area contributed by atoms with Crippen molar-refractivity contribution < 1.29 is 9.59 Å². The molecule has 28 heavy (non-hydrogen) atoms. The quantitative estimate of drug-likeness (QED) is 0.718. The number of nitrogens with zero attached hydrogens (tertiary/aromatic N) is 4. The molecule has 9 nitrogen and oxygen atoms in total. The first kappa shape index (κ1) is 19.8. The van der Waals surface area contributed by atoms with E-state index < -0.39 is 5.69 Å². The lowest BCUT2D eigenvalue weighted by atomic mass is 9.85.